The second-order valence-electron chi connectivity index (χ2n) is 7.41. The second kappa shape index (κ2) is 8.68. The topological polar surface area (TPSA) is 24.1 Å². The minimum Gasteiger partial charge on any atom is -0.360 e. The van der Waals surface area contributed by atoms with Crippen molar-refractivity contribution >= 4 is 23.0 Å². The molecule has 3 heteroatoms. The molecule has 0 heterocycles. The summed E-state index contributed by atoms with van der Waals surface area (Å²) in [7, 11) is 0. The average Bonchev–Trinajstić information content (AvgIpc) is 2.75. The van der Waals surface area contributed by atoms with Gasteiger partial charge in [0.15, 0.2) is 5.11 Å². The van der Waals surface area contributed by atoms with Gasteiger partial charge in [0.05, 0.1) is 0 Å². The normalized spacial score (nSPS) is 16.4. The van der Waals surface area contributed by atoms with Crippen LogP contribution in [0, 0.1) is 0 Å². The van der Waals surface area contributed by atoms with E-state index in [0.29, 0.717) is 17.9 Å². The Morgan fingerprint density at radius 1 is 0.957 bits per heavy atom. The van der Waals surface area contributed by atoms with Crippen LogP contribution in [0.2, 0.25) is 0 Å². The summed E-state index contributed by atoms with van der Waals surface area (Å²) in [6, 6.07) is 7.13. The molecule has 0 aliphatic heterocycles. The van der Waals surface area contributed by atoms with Crippen molar-refractivity contribution in [3.63, 3.8) is 0 Å². The Bertz CT molecular complexity index is 488. The quantitative estimate of drug-likeness (QED) is 0.527. The molecule has 1 saturated carbocycles. The zero-order valence-electron chi connectivity index (χ0n) is 15.1. The fraction of sp³-hybridized carbons (Fsp3) is 0.650. The molecule has 1 fully saturated rings. The highest BCUT2D eigenvalue weighted by molar-refractivity contribution is 7.80. The molecule has 0 aromatic heterocycles. The van der Waals surface area contributed by atoms with Crippen LogP contribution < -0.4 is 10.6 Å². The summed E-state index contributed by atoms with van der Waals surface area (Å²) in [5.74, 6) is 0.966. The van der Waals surface area contributed by atoms with Crippen LogP contribution in [0.25, 0.3) is 0 Å². The summed E-state index contributed by atoms with van der Waals surface area (Å²) in [5, 5.41) is 7.87. The van der Waals surface area contributed by atoms with Crippen molar-refractivity contribution in [2.75, 3.05) is 5.32 Å². The number of para-hydroxylation sites is 1. The molecule has 2 N–H and O–H groups in total. The molecular weight excluding hydrogens is 300 g/mol. The molecule has 1 aromatic carbocycles. The van der Waals surface area contributed by atoms with Crippen LogP contribution in [0.5, 0.6) is 0 Å². The SMILES string of the molecule is CC(C)c1cccc(C(C)C)c1NC(=S)NC1CCCCCC1. The molecule has 2 rings (SSSR count). The zero-order valence-corrected chi connectivity index (χ0v) is 15.9. The van der Waals surface area contributed by atoms with Crippen LogP contribution in [0.15, 0.2) is 18.2 Å². The minimum atomic E-state index is 0.483. The summed E-state index contributed by atoms with van der Waals surface area (Å²) in [6.07, 6.45) is 7.85. The maximum absolute atomic E-state index is 5.63. The standard InChI is InChI=1S/C20H32N2S/c1-14(2)17-12-9-13-18(15(3)4)19(17)22-20(23)21-16-10-7-5-6-8-11-16/h9,12-16H,5-8,10-11H2,1-4H3,(H2,21,22,23). The van der Waals surface area contributed by atoms with Gasteiger partial charge >= 0.3 is 0 Å². The van der Waals surface area contributed by atoms with E-state index in [1.165, 1.54) is 55.3 Å². The number of rotatable bonds is 4. The van der Waals surface area contributed by atoms with Crippen LogP contribution in [-0.2, 0) is 0 Å². The molecule has 0 saturated heterocycles. The fourth-order valence-corrected chi connectivity index (χ4v) is 3.72. The molecule has 0 radical (unpaired) electrons. The van der Waals surface area contributed by atoms with Gasteiger partial charge in [0.1, 0.15) is 0 Å². The third-order valence-electron chi connectivity index (χ3n) is 4.80. The van der Waals surface area contributed by atoms with Crippen LogP contribution in [-0.4, -0.2) is 11.2 Å². The predicted molar refractivity (Wildman–Crippen MR) is 105 cm³/mol. The molecule has 0 bridgehead atoms. The van der Waals surface area contributed by atoms with Gasteiger partial charge in [0.2, 0.25) is 0 Å². The van der Waals surface area contributed by atoms with E-state index in [2.05, 4.69) is 56.5 Å². The maximum atomic E-state index is 5.63. The number of hydrogen-bond acceptors (Lipinski definition) is 1. The molecule has 2 nitrogen and oxygen atoms in total. The smallest absolute Gasteiger partial charge is 0.171 e. The van der Waals surface area contributed by atoms with Gasteiger partial charge in [-0.05, 0) is 48.0 Å². The van der Waals surface area contributed by atoms with Crippen LogP contribution >= 0.6 is 12.2 Å². The van der Waals surface area contributed by atoms with Crippen molar-refractivity contribution < 1.29 is 0 Å². The summed E-state index contributed by atoms with van der Waals surface area (Å²) in [4.78, 5) is 0. The first-order valence-electron chi connectivity index (χ1n) is 9.19. The molecular formula is C20H32N2S. The number of anilines is 1. The number of nitrogens with one attached hydrogen (secondary N) is 2. The van der Waals surface area contributed by atoms with Crippen LogP contribution in [0.1, 0.15) is 89.2 Å². The first-order valence-corrected chi connectivity index (χ1v) is 9.60. The van der Waals surface area contributed by atoms with Crippen molar-refractivity contribution in [1.29, 1.82) is 0 Å². The predicted octanol–water partition coefficient (Wildman–Crippen LogP) is 5.94. The van der Waals surface area contributed by atoms with Gasteiger partial charge in [0, 0.05) is 11.7 Å². The van der Waals surface area contributed by atoms with E-state index in [0.717, 1.165) is 5.11 Å². The monoisotopic (exact) mass is 332 g/mol. The van der Waals surface area contributed by atoms with Gasteiger partial charge < -0.3 is 10.6 Å². The van der Waals surface area contributed by atoms with E-state index in [1.54, 1.807) is 0 Å². The molecule has 1 aliphatic rings. The molecule has 1 aliphatic carbocycles. The first-order chi connectivity index (χ1) is 11.0. The van der Waals surface area contributed by atoms with E-state index >= 15 is 0 Å². The molecule has 128 valence electrons. The first kappa shape index (κ1) is 18.3. The molecule has 0 spiro atoms. The van der Waals surface area contributed by atoms with Gasteiger partial charge in [-0.3, -0.25) is 0 Å². The molecule has 0 amide bonds. The van der Waals surface area contributed by atoms with Gasteiger partial charge in [-0.25, -0.2) is 0 Å². The zero-order chi connectivity index (χ0) is 16.8. The Morgan fingerprint density at radius 2 is 1.48 bits per heavy atom. The number of hydrogen-bond donors (Lipinski definition) is 2. The lowest BCUT2D eigenvalue weighted by molar-refractivity contribution is 0.535. The third-order valence-corrected chi connectivity index (χ3v) is 5.02. The highest BCUT2D eigenvalue weighted by atomic mass is 32.1. The van der Waals surface area contributed by atoms with E-state index in [4.69, 9.17) is 12.2 Å². The van der Waals surface area contributed by atoms with E-state index in [1.807, 2.05) is 0 Å². The van der Waals surface area contributed by atoms with E-state index < -0.39 is 0 Å². The van der Waals surface area contributed by atoms with Gasteiger partial charge in [-0.15, -0.1) is 0 Å². The van der Waals surface area contributed by atoms with Gasteiger partial charge in [-0.1, -0.05) is 71.6 Å². The summed E-state index contributed by atoms with van der Waals surface area (Å²) in [5.41, 5.74) is 3.91. The molecule has 0 atom stereocenters. The van der Waals surface area contributed by atoms with Gasteiger partial charge in [0.25, 0.3) is 0 Å². The van der Waals surface area contributed by atoms with E-state index in [-0.39, 0.29) is 0 Å². The molecule has 23 heavy (non-hydrogen) atoms. The Hall–Kier alpha value is -1.09. The Kier molecular flexibility index (Phi) is 6.88. The lowest BCUT2D eigenvalue weighted by Crippen LogP contribution is -2.37. The Labute approximate surface area is 147 Å². The number of benzene rings is 1. The fourth-order valence-electron chi connectivity index (χ4n) is 3.45. The Morgan fingerprint density at radius 3 is 1.96 bits per heavy atom. The van der Waals surface area contributed by atoms with Crippen molar-refractivity contribution in [1.82, 2.24) is 5.32 Å². The Balaban J connectivity index is 2.12. The van der Waals surface area contributed by atoms with E-state index in [9.17, 15) is 0 Å². The maximum Gasteiger partial charge on any atom is 0.171 e. The summed E-state index contributed by atoms with van der Waals surface area (Å²) < 4.78 is 0. The second-order valence-corrected chi connectivity index (χ2v) is 7.82. The van der Waals surface area contributed by atoms with Crippen LogP contribution in [0.3, 0.4) is 0 Å². The average molecular weight is 333 g/mol. The summed E-state index contributed by atoms with van der Waals surface area (Å²) in [6.45, 7) is 8.97. The van der Waals surface area contributed by atoms with Crippen molar-refractivity contribution in [3.05, 3.63) is 29.3 Å². The molecule has 0 unspecified atom stereocenters. The number of thiocarbonyl (C=S) groups is 1. The minimum absolute atomic E-state index is 0.483. The van der Waals surface area contributed by atoms with Crippen LogP contribution in [0.4, 0.5) is 5.69 Å². The van der Waals surface area contributed by atoms with Crippen molar-refractivity contribution in [2.45, 2.75) is 84.1 Å². The lowest BCUT2D eigenvalue weighted by Gasteiger charge is -2.24. The molecule has 1 aromatic rings. The highest BCUT2D eigenvalue weighted by Gasteiger charge is 2.17. The lowest BCUT2D eigenvalue weighted by atomic mass is 9.93. The summed E-state index contributed by atoms with van der Waals surface area (Å²) >= 11 is 5.63. The van der Waals surface area contributed by atoms with Gasteiger partial charge in [-0.2, -0.15) is 0 Å². The largest absolute Gasteiger partial charge is 0.360 e. The highest BCUT2D eigenvalue weighted by Crippen LogP contribution is 2.32. The van der Waals surface area contributed by atoms with Crippen molar-refractivity contribution in [2.24, 2.45) is 0 Å². The third kappa shape index (κ3) is 5.20. The van der Waals surface area contributed by atoms with Crippen molar-refractivity contribution in [3.8, 4) is 0 Å².